The number of esters is 1. The fourth-order valence-corrected chi connectivity index (χ4v) is 6.18. The van der Waals surface area contributed by atoms with Gasteiger partial charge in [0.25, 0.3) is 0 Å². The van der Waals surface area contributed by atoms with Crippen LogP contribution in [0.1, 0.15) is 219 Å². The van der Waals surface area contributed by atoms with Crippen molar-refractivity contribution in [3.05, 3.63) is 36.5 Å². The van der Waals surface area contributed by atoms with Gasteiger partial charge in [-0.3, -0.25) is 4.79 Å². The minimum absolute atomic E-state index is 0.175. The van der Waals surface area contributed by atoms with Gasteiger partial charge in [0, 0.05) is 13.0 Å². The lowest BCUT2D eigenvalue weighted by molar-refractivity contribution is -0.154. The number of unbranched alkanes of at least 4 members (excludes halogenated alkanes) is 26. The lowest BCUT2D eigenvalue weighted by Crippen LogP contribution is -2.27. The van der Waals surface area contributed by atoms with Crippen LogP contribution in [-0.2, 0) is 14.3 Å². The van der Waals surface area contributed by atoms with Gasteiger partial charge in [0.05, 0.1) is 13.2 Å². The average molecular weight is 689 g/mol. The van der Waals surface area contributed by atoms with Crippen molar-refractivity contribution >= 4 is 5.97 Å². The zero-order valence-corrected chi connectivity index (χ0v) is 33.0. The summed E-state index contributed by atoms with van der Waals surface area (Å²) in [6.07, 6.45) is 53.5. The topological polar surface area (TPSA) is 55.8 Å². The second kappa shape index (κ2) is 42.8. The molecule has 1 unspecified atom stereocenters. The molecule has 4 nitrogen and oxygen atoms in total. The van der Waals surface area contributed by atoms with Crippen LogP contribution in [0.2, 0.25) is 0 Å². The number of ether oxygens (including phenoxy) is 2. The van der Waals surface area contributed by atoms with Crippen LogP contribution in [0.3, 0.4) is 0 Å². The third-order valence-corrected chi connectivity index (χ3v) is 9.42. The number of hydrogen-bond donors (Lipinski definition) is 1. The Morgan fingerprint density at radius 1 is 0.490 bits per heavy atom. The van der Waals surface area contributed by atoms with E-state index in [0.29, 0.717) is 19.6 Å². The molecule has 0 saturated heterocycles. The summed E-state index contributed by atoms with van der Waals surface area (Å²) in [6, 6.07) is 0. The Morgan fingerprint density at radius 3 is 1.37 bits per heavy atom. The highest BCUT2D eigenvalue weighted by molar-refractivity contribution is 5.69. The smallest absolute Gasteiger partial charge is 0.306 e. The minimum Gasteiger partial charge on any atom is -0.457 e. The van der Waals surface area contributed by atoms with Gasteiger partial charge in [-0.1, -0.05) is 185 Å². The molecule has 0 aromatic carbocycles. The third-order valence-electron chi connectivity index (χ3n) is 9.42. The van der Waals surface area contributed by atoms with E-state index in [9.17, 15) is 9.90 Å². The van der Waals surface area contributed by atoms with Gasteiger partial charge in [-0.25, -0.2) is 0 Å². The van der Waals surface area contributed by atoms with Crippen molar-refractivity contribution in [1.82, 2.24) is 0 Å². The summed E-state index contributed by atoms with van der Waals surface area (Å²) in [5.41, 5.74) is 0. The van der Waals surface area contributed by atoms with Crippen LogP contribution in [0.5, 0.6) is 0 Å². The average Bonchev–Trinajstić information content (AvgIpc) is 3.11. The number of aliphatic hydroxyl groups is 1. The van der Waals surface area contributed by atoms with E-state index in [1.54, 1.807) is 0 Å². The summed E-state index contributed by atoms with van der Waals surface area (Å²) >= 11 is 0. The zero-order chi connectivity index (χ0) is 35.6. The van der Waals surface area contributed by atoms with E-state index in [-0.39, 0.29) is 12.6 Å². The van der Waals surface area contributed by atoms with Crippen LogP contribution >= 0.6 is 0 Å². The molecular weight excluding hydrogens is 604 g/mol. The maximum atomic E-state index is 12.2. The van der Waals surface area contributed by atoms with Gasteiger partial charge in [-0.15, -0.1) is 0 Å². The summed E-state index contributed by atoms with van der Waals surface area (Å²) in [7, 11) is 0. The summed E-state index contributed by atoms with van der Waals surface area (Å²) in [5.74, 6) is -0.204. The summed E-state index contributed by atoms with van der Waals surface area (Å²) in [5, 5.41) is 9.59. The van der Waals surface area contributed by atoms with Gasteiger partial charge in [0.1, 0.15) is 6.10 Å². The van der Waals surface area contributed by atoms with E-state index in [2.05, 4.69) is 50.3 Å². The molecule has 0 aliphatic heterocycles. The number of carbonyl (C=O) groups is 1. The maximum Gasteiger partial charge on any atom is 0.306 e. The van der Waals surface area contributed by atoms with Gasteiger partial charge in [0.2, 0.25) is 0 Å². The molecule has 0 heterocycles. The van der Waals surface area contributed by atoms with E-state index in [1.165, 1.54) is 173 Å². The monoisotopic (exact) mass is 689 g/mol. The minimum atomic E-state index is -0.538. The molecule has 0 aliphatic carbocycles. The second-order valence-electron chi connectivity index (χ2n) is 14.4. The van der Waals surface area contributed by atoms with Gasteiger partial charge in [-0.05, 0) is 64.2 Å². The molecule has 0 aromatic rings. The fourth-order valence-electron chi connectivity index (χ4n) is 6.18. The van der Waals surface area contributed by atoms with Crippen LogP contribution in [0.15, 0.2) is 36.5 Å². The first-order valence-electron chi connectivity index (χ1n) is 21.6. The lowest BCUT2D eigenvalue weighted by atomic mass is 10.0. The van der Waals surface area contributed by atoms with E-state index in [0.717, 1.165) is 25.7 Å². The Kier molecular flexibility index (Phi) is 41.6. The summed E-state index contributed by atoms with van der Waals surface area (Å²) < 4.78 is 11.1. The van der Waals surface area contributed by atoms with Gasteiger partial charge in [-0.2, -0.15) is 0 Å². The standard InChI is InChI=1S/C45H84O4/c1-3-5-7-9-11-13-15-17-19-20-21-22-23-24-25-26-27-28-30-32-34-36-38-40-45(47)49-44(42-46)43-48-41-39-37-35-33-31-29-18-16-14-12-10-8-6-4-2/h8,10,14,16,20-21,44,46H,3-7,9,11-13,15,17-19,22-43H2,1-2H3/b10-8-,16-14-,21-20-. The van der Waals surface area contributed by atoms with Crippen LogP contribution in [0.4, 0.5) is 0 Å². The van der Waals surface area contributed by atoms with E-state index < -0.39 is 6.10 Å². The molecule has 4 heteroatoms. The van der Waals surface area contributed by atoms with Crippen molar-refractivity contribution in [1.29, 1.82) is 0 Å². The molecular formula is C45H84O4. The Labute approximate surface area is 306 Å². The van der Waals surface area contributed by atoms with Crippen LogP contribution in [0.25, 0.3) is 0 Å². The quantitative estimate of drug-likeness (QED) is 0.0395. The molecule has 0 bridgehead atoms. The zero-order valence-electron chi connectivity index (χ0n) is 33.0. The van der Waals surface area contributed by atoms with Crippen LogP contribution in [0, 0.1) is 0 Å². The van der Waals surface area contributed by atoms with Gasteiger partial charge < -0.3 is 14.6 Å². The SMILES string of the molecule is CCC/C=C\C/C=C\CCCCCCCCOCC(CO)OC(=O)CCCCCCCCCCCCC/C=C\CCCCCCCCCC. The second-order valence-corrected chi connectivity index (χ2v) is 14.4. The Hall–Kier alpha value is -1.39. The molecule has 49 heavy (non-hydrogen) atoms. The number of aliphatic hydroxyl groups excluding tert-OH is 1. The molecule has 0 amide bonds. The van der Waals surface area contributed by atoms with E-state index in [4.69, 9.17) is 9.47 Å². The first-order chi connectivity index (χ1) is 24.2. The fraction of sp³-hybridized carbons (Fsp3) is 0.844. The first-order valence-corrected chi connectivity index (χ1v) is 21.6. The highest BCUT2D eigenvalue weighted by Gasteiger charge is 2.13. The van der Waals surface area contributed by atoms with E-state index in [1.807, 2.05) is 0 Å². The van der Waals surface area contributed by atoms with Crippen LogP contribution in [-0.4, -0.2) is 37.0 Å². The molecule has 0 rings (SSSR count). The summed E-state index contributed by atoms with van der Waals surface area (Å²) in [4.78, 5) is 12.2. The predicted molar refractivity (Wildman–Crippen MR) is 214 cm³/mol. The Morgan fingerprint density at radius 2 is 0.898 bits per heavy atom. The molecule has 0 aliphatic rings. The predicted octanol–water partition coefficient (Wildman–Crippen LogP) is 14.1. The molecule has 0 fully saturated rings. The van der Waals surface area contributed by atoms with Crippen LogP contribution < -0.4 is 0 Å². The Balaban J connectivity index is 3.41. The third kappa shape index (κ3) is 40.9. The van der Waals surface area contributed by atoms with Crippen molar-refractivity contribution < 1.29 is 19.4 Å². The largest absolute Gasteiger partial charge is 0.457 e. The van der Waals surface area contributed by atoms with Crippen molar-refractivity contribution in [2.75, 3.05) is 19.8 Å². The lowest BCUT2D eigenvalue weighted by Gasteiger charge is -2.15. The van der Waals surface area contributed by atoms with Gasteiger partial charge >= 0.3 is 5.97 Å². The molecule has 0 radical (unpaired) electrons. The highest BCUT2D eigenvalue weighted by atomic mass is 16.6. The molecule has 288 valence electrons. The number of rotatable bonds is 40. The van der Waals surface area contributed by atoms with Crippen molar-refractivity contribution in [2.24, 2.45) is 0 Å². The molecule has 0 spiro atoms. The number of hydrogen-bond acceptors (Lipinski definition) is 4. The molecule has 1 N–H and O–H groups in total. The Bertz CT molecular complexity index is 728. The molecule has 1 atom stereocenters. The van der Waals surface area contributed by atoms with E-state index >= 15 is 0 Å². The number of carbonyl (C=O) groups excluding carboxylic acids is 1. The number of allylic oxidation sites excluding steroid dienone is 6. The maximum absolute atomic E-state index is 12.2. The molecule has 0 aromatic heterocycles. The van der Waals surface area contributed by atoms with Crippen molar-refractivity contribution in [2.45, 2.75) is 225 Å². The summed E-state index contributed by atoms with van der Waals surface area (Å²) in [6.45, 7) is 5.28. The highest BCUT2D eigenvalue weighted by Crippen LogP contribution is 2.14. The van der Waals surface area contributed by atoms with Gasteiger partial charge in [0.15, 0.2) is 0 Å². The molecule has 0 saturated carbocycles. The first kappa shape index (κ1) is 47.6. The van der Waals surface area contributed by atoms with Crippen molar-refractivity contribution in [3.63, 3.8) is 0 Å². The van der Waals surface area contributed by atoms with Crippen molar-refractivity contribution in [3.8, 4) is 0 Å². The normalized spacial score (nSPS) is 12.6.